The summed E-state index contributed by atoms with van der Waals surface area (Å²) >= 11 is 0. The fourth-order valence-electron chi connectivity index (χ4n) is 1.19. The molecule has 0 fully saturated rings. The lowest BCUT2D eigenvalue weighted by molar-refractivity contribution is -0.142. The zero-order valence-electron chi connectivity index (χ0n) is 9.19. The molecule has 0 aliphatic heterocycles. The van der Waals surface area contributed by atoms with E-state index < -0.39 is 0 Å². The van der Waals surface area contributed by atoms with Gasteiger partial charge in [-0.15, -0.1) is 0 Å². The van der Waals surface area contributed by atoms with E-state index >= 15 is 0 Å². The summed E-state index contributed by atoms with van der Waals surface area (Å²) in [6.45, 7) is 2.07. The molecule has 84 valence electrons. The zero-order chi connectivity index (χ0) is 12.0. The molecule has 1 heterocycles. The summed E-state index contributed by atoms with van der Waals surface area (Å²) in [5.74, 6) is 0.0409. The van der Waals surface area contributed by atoms with Gasteiger partial charge in [0.1, 0.15) is 6.07 Å². The summed E-state index contributed by atoms with van der Waals surface area (Å²) in [4.78, 5) is 15.2. The van der Waals surface area contributed by atoms with Gasteiger partial charge in [0, 0.05) is 0 Å². The molecular formula is C11H12N2O3. The maximum Gasteiger partial charge on any atom is 0.311 e. The van der Waals surface area contributed by atoms with Crippen molar-refractivity contribution < 1.29 is 14.3 Å². The van der Waals surface area contributed by atoms with E-state index in [2.05, 4.69) is 4.98 Å². The highest BCUT2D eigenvalue weighted by Crippen LogP contribution is 2.16. The van der Waals surface area contributed by atoms with Crippen molar-refractivity contribution in [3.05, 3.63) is 23.5 Å². The van der Waals surface area contributed by atoms with Crippen molar-refractivity contribution in [3.63, 3.8) is 0 Å². The number of carbonyl (C=O) groups excluding carboxylic acids is 1. The van der Waals surface area contributed by atoms with Crippen molar-refractivity contribution in [2.75, 3.05) is 13.7 Å². The molecule has 5 heteroatoms. The third-order valence-corrected chi connectivity index (χ3v) is 1.90. The maximum absolute atomic E-state index is 11.2. The molecule has 0 aromatic carbocycles. The highest BCUT2D eigenvalue weighted by Gasteiger charge is 2.09. The van der Waals surface area contributed by atoms with E-state index in [-0.39, 0.29) is 12.4 Å². The largest absolute Gasteiger partial charge is 0.494 e. The van der Waals surface area contributed by atoms with Crippen LogP contribution < -0.4 is 4.74 Å². The third kappa shape index (κ3) is 2.95. The topological polar surface area (TPSA) is 72.2 Å². The standard InChI is InChI=1S/C11H12N2O3/c1-3-16-11(14)5-9-4-8(6-12)10(15-2)7-13-9/h4,7H,3,5H2,1-2H3. The number of hydrogen-bond donors (Lipinski definition) is 0. The molecular weight excluding hydrogens is 208 g/mol. The first-order chi connectivity index (χ1) is 7.71. The van der Waals surface area contributed by atoms with E-state index in [1.54, 1.807) is 6.92 Å². The van der Waals surface area contributed by atoms with Gasteiger partial charge in [-0.2, -0.15) is 5.26 Å². The van der Waals surface area contributed by atoms with Crippen LogP contribution in [0.25, 0.3) is 0 Å². The van der Waals surface area contributed by atoms with Crippen molar-refractivity contribution >= 4 is 5.97 Å². The van der Waals surface area contributed by atoms with Crippen molar-refractivity contribution in [1.82, 2.24) is 4.98 Å². The number of carbonyl (C=O) groups is 1. The number of ether oxygens (including phenoxy) is 2. The number of esters is 1. The molecule has 0 bridgehead atoms. The van der Waals surface area contributed by atoms with Gasteiger partial charge in [-0.05, 0) is 13.0 Å². The SMILES string of the molecule is CCOC(=O)Cc1cc(C#N)c(OC)cn1. The molecule has 0 atom stereocenters. The van der Waals surface area contributed by atoms with Crippen molar-refractivity contribution in [2.24, 2.45) is 0 Å². The van der Waals surface area contributed by atoms with Crippen LogP contribution in [0.1, 0.15) is 18.2 Å². The first kappa shape index (κ1) is 12.0. The van der Waals surface area contributed by atoms with Crippen LogP contribution in [0.4, 0.5) is 0 Å². The Bertz CT molecular complexity index is 424. The average Bonchev–Trinajstić information content (AvgIpc) is 2.29. The summed E-state index contributed by atoms with van der Waals surface area (Å²) in [5.41, 5.74) is 0.854. The Labute approximate surface area is 93.6 Å². The van der Waals surface area contributed by atoms with Gasteiger partial charge >= 0.3 is 5.97 Å². The van der Waals surface area contributed by atoms with Crippen molar-refractivity contribution in [1.29, 1.82) is 5.26 Å². The van der Waals surface area contributed by atoms with Crippen LogP contribution >= 0.6 is 0 Å². The molecule has 1 rings (SSSR count). The molecule has 0 radical (unpaired) electrons. The maximum atomic E-state index is 11.2. The van der Waals surface area contributed by atoms with E-state index in [4.69, 9.17) is 14.7 Å². The average molecular weight is 220 g/mol. The number of nitriles is 1. The Morgan fingerprint density at radius 3 is 2.94 bits per heavy atom. The molecule has 0 unspecified atom stereocenters. The summed E-state index contributed by atoms with van der Waals surface area (Å²) in [6.07, 6.45) is 1.49. The highest BCUT2D eigenvalue weighted by atomic mass is 16.5. The fraction of sp³-hybridized carbons (Fsp3) is 0.364. The Balaban J connectivity index is 2.84. The lowest BCUT2D eigenvalue weighted by Crippen LogP contribution is -2.09. The molecule has 0 spiro atoms. The minimum absolute atomic E-state index is 0.0620. The first-order valence-corrected chi connectivity index (χ1v) is 4.79. The van der Waals surface area contributed by atoms with Gasteiger partial charge in [-0.25, -0.2) is 0 Å². The Morgan fingerprint density at radius 1 is 1.62 bits per heavy atom. The molecule has 0 aliphatic carbocycles. The van der Waals surface area contributed by atoms with E-state index in [1.807, 2.05) is 6.07 Å². The van der Waals surface area contributed by atoms with E-state index in [1.165, 1.54) is 19.4 Å². The van der Waals surface area contributed by atoms with Crippen molar-refractivity contribution in [2.45, 2.75) is 13.3 Å². The predicted octanol–water partition coefficient (Wildman–Crippen LogP) is 1.07. The van der Waals surface area contributed by atoms with Gasteiger partial charge < -0.3 is 9.47 Å². The molecule has 0 aliphatic rings. The normalized spacial score (nSPS) is 9.31. The summed E-state index contributed by atoms with van der Waals surface area (Å²) < 4.78 is 9.73. The molecule has 0 amide bonds. The van der Waals surface area contributed by atoms with E-state index in [9.17, 15) is 4.79 Å². The quantitative estimate of drug-likeness (QED) is 0.709. The van der Waals surface area contributed by atoms with E-state index in [0.717, 1.165) is 0 Å². The number of methoxy groups -OCH3 is 1. The number of rotatable bonds is 4. The molecule has 1 aromatic rings. The summed E-state index contributed by atoms with van der Waals surface area (Å²) in [5, 5.41) is 8.84. The lowest BCUT2D eigenvalue weighted by Gasteiger charge is -2.04. The Kier molecular flexibility index (Phi) is 4.28. The second-order valence-electron chi connectivity index (χ2n) is 2.97. The number of nitrogens with zero attached hydrogens (tertiary/aromatic N) is 2. The number of pyridine rings is 1. The number of hydrogen-bond acceptors (Lipinski definition) is 5. The zero-order valence-corrected chi connectivity index (χ0v) is 9.19. The van der Waals surface area contributed by atoms with Crippen LogP contribution in [0.15, 0.2) is 12.3 Å². The molecule has 0 saturated heterocycles. The van der Waals surface area contributed by atoms with Gasteiger partial charge in [0.15, 0.2) is 5.75 Å². The third-order valence-electron chi connectivity index (χ3n) is 1.90. The van der Waals surface area contributed by atoms with Gasteiger partial charge in [0.05, 0.1) is 37.6 Å². The number of aromatic nitrogens is 1. The summed E-state index contributed by atoms with van der Waals surface area (Å²) in [7, 11) is 1.46. The van der Waals surface area contributed by atoms with Crippen LogP contribution in [-0.2, 0) is 16.0 Å². The van der Waals surface area contributed by atoms with Gasteiger partial charge in [0.25, 0.3) is 0 Å². The smallest absolute Gasteiger partial charge is 0.311 e. The van der Waals surface area contributed by atoms with Crippen LogP contribution in [0.2, 0.25) is 0 Å². The lowest BCUT2D eigenvalue weighted by atomic mass is 10.2. The second-order valence-corrected chi connectivity index (χ2v) is 2.97. The molecule has 16 heavy (non-hydrogen) atoms. The monoisotopic (exact) mass is 220 g/mol. The fourth-order valence-corrected chi connectivity index (χ4v) is 1.19. The highest BCUT2D eigenvalue weighted by molar-refractivity contribution is 5.72. The van der Waals surface area contributed by atoms with Gasteiger partial charge in [-0.1, -0.05) is 0 Å². The molecule has 0 N–H and O–H groups in total. The Morgan fingerprint density at radius 2 is 2.38 bits per heavy atom. The molecule has 1 aromatic heterocycles. The minimum atomic E-state index is -0.357. The van der Waals surface area contributed by atoms with E-state index in [0.29, 0.717) is 23.6 Å². The van der Waals surface area contributed by atoms with Crippen LogP contribution in [0.5, 0.6) is 5.75 Å². The minimum Gasteiger partial charge on any atom is -0.494 e. The molecule has 5 nitrogen and oxygen atoms in total. The molecule has 0 saturated carbocycles. The van der Waals surface area contributed by atoms with Crippen molar-refractivity contribution in [3.8, 4) is 11.8 Å². The van der Waals surface area contributed by atoms with Gasteiger partial charge in [-0.3, -0.25) is 9.78 Å². The summed E-state index contributed by atoms with van der Waals surface area (Å²) in [6, 6.07) is 3.50. The predicted molar refractivity (Wildman–Crippen MR) is 55.8 cm³/mol. The Hall–Kier alpha value is -2.09. The van der Waals surface area contributed by atoms with Crippen LogP contribution in [0, 0.1) is 11.3 Å². The second kappa shape index (κ2) is 5.71. The first-order valence-electron chi connectivity index (χ1n) is 4.79. The van der Waals surface area contributed by atoms with Crippen LogP contribution in [-0.4, -0.2) is 24.7 Å². The van der Waals surface area contributed by atoms with Gasteiger partial charge in [0.2, 0.25) is 0 Å². The van der Waals surface area contributed by atoms with Crippen LogP contribution in [0.3, 0.4) is 0 Å².